The first-order valence-corrected chi connectivity index (χ1v) is 10.2. The van der Waals surface area contributed by atoms with Crippen molar-refractivity contribution < 1.29 is 8.42 Å². The van der Waals surface area contributed by atoms with Crippen LogP contribution >= 0.6 is 0 Å². The van der Waals surface area contributed by atoms with E-state index >= 15 is 0 Å². The molecule has 0 spiro atoms. The molecule has 132 valence electrons. The number of nitrogens with zero attached hydrogens (tertiary/aromatic N) is 3. The second kappa shape index (κ2) is 6.69. The lowest BCUT2D eigenvalue weighted by molar-refractivity contribution is 0.382. The summed E-state index contributed by atoms with van der Waals surface area (Å²) in [7, 11) is -3.46. The lowest BCUT2D eigenvalue weighted by atomic mass is 10.0. The van der Waals surface area contributed by atoms with Crippen LogP contribution in [0.3, 0.4) is 0 Å². The first-order chi connectivity index (χ1) is 12.2. The second-order valence-electron chi connectivity index (χ2n) is 6.53. The average Bonchev–Trinajstić information content (AvgIpc) is 2.68. The van der Waals surface area contributed by atoms with Gasteiger partial charge in [-0.15, -0.1) is 0 Å². The van der Waals surface area contributed by atoms with Crippen LogP contribution in [0.4, 0.5) is 11.4 Å². The molecule has 6 heteroatoms. The van der Waals surface area contributed by atoms with E-state index in [1.165, 1.54) is 0 Å². The van der Waals surface area contributed by atoms with Crippen LogP contribution in [0, 0.1) is 0 Å². The number of aryl methyl sites for hydroxylation is 1. The van der Waals surface area contributed by atoms with Gasteiger partial charge in [0.25, 0.3) is 0 Å². The lowest BCUT2D eigenvalue weighted by Gasteiger charge is -2.39. The Bertz CT molecular complexity index is 831. The van der Waals surface area contributed by atoms with Crippen molar-refractivity contribution in [1.29, 1.82) is 0 Å². The Hall–Kier alpha value is -2.05. The number of anilines is 2. The fraction of sp³-hybridized carbons (Fsp3) is 0.368. The molecule has 25 heavy (non-hydrogen) atoms. The van der Waals surface area contributed by atoms with E-state index in [1.807, 2.05) is 42.5 Å². The average molecular weight is 357 g/mol. The van der Waals surface area contributed by atoms with Gasteiger partial charge in [0.05, 0.1) is 5.69 Å². The largest absolute Gasteiger partial charge is 0.369 e. The van der Waals surface area contributed by atoms with E-state index in [9.17, 15) is 8.42 Å². The van der Waals surface area contributed by atoms with Crippen LogP contribution in [0.5, 0.6) is 0 Å². The van der Waals surface area contributed by atoms with Crippen LogP contribution < -0.4 is 9.21 Å². The molecule has 5 nitrogen and oxygen atoms in total. The third-order valence-electron chi connectivity index (χ3n) is 5.03. The Kier molecular flexibility index (Phi) is 4.39. The van der Waals surface area contributed by atoms with Gasteiger partial charge < -0.3 is 4.90 Å². The molecule has 0 aliphatic carbocycles. The molecule has 0 unspecified atom stereocenters. The van der Waals surface area contributed by atoms with Crippen molar-refractivity contribution in [3.05, 3.63) is 60.2 Å². The van der Waals surface area contributed by atoms with Crippen LogP contribution in [0.2, 0.25) is 0 Å². The third-order valence-corrected chi connectivity index (χ3v) is 6.99. The zero-order chi connectivity index (χ0) is 17.3. The Morgan fingerprint density at radius 3 is 2.20 bits per heavy atom. The zero-order valence-electron chi connectivity index (χ0n) is 14.2. The van der Waals surface area contributed by atoms with Gasteiger partial charge in [-0.3, -0.25) is 4.31 Å². The molecule has 2 heterocycles. The Morgan fingerprint density at radius 2 is 1.44 bits per heavy atom. The zero-order valence-corrected chi connectivity index (χ0v) is 15.0. The molecule has 0 aromatic heterocycles. The molecule has 2 aliphatic rings. The summed E-state index contributed by atoms with van der Waals surface area (Å²) in [6.07, 6.45) is 1.82. The highest BCUT2D eigenvalue weighted by atomic mass is 32.2. The van der Waals surface area contributed by atoms with Gasteiger partial charge in [0.1, 0.15) is 0 Å². The molecule has 0 atom stereocenters. The van der Waals surface area contributed by atoms with Gasteiger partial charge in [-0.05, 0) is 36.6 Å². The molecule has 0 bridgehead atoms. The molecule has 0 N–H and O–H groups in total. The first-order valence-electron chi connectivity index (χ1n) is 8.82. The Morgan fingerprint density at radius 1 is 0.760 bits per heavy atom. The molecule has 0 amide bonds. The quantitative estimate of drug-likeness (QED) is 0.848. The number of rotatable bonds is 3. The van der Waals surface area contributed by atoms with Crippen LogP contribution in [0.1, 0.15) is 12.0 Å². The molecule has 1 saturated heterocycles. The predicted molar refractivity (Wildman–Crippen MR) is 101 cm³/mol. The minimum Gasteiger partial charge on any atom is -0.369 e. The van der Waals surface area contributed by atoms with E-state index in [2.05, 4.69) is 17.0 Å². The minimum atomic E-state index is -3.46. The van der Waals surface area contributed by atoms with Crippen LogP contribution in [-0.2, 0) is 16.6 Å². The van der Waals surface area contributed by atoms with Gasteiger partial charge in [0.15, 0.2) is 0 Å². The normalized spacial score (nSPS) is 18.9. The number of piperazine rings is 1. The number of hydrogen-bond donors (Lipinski definition) is 0. The summed E-state index contributed by atoms with van der Waals surface area (Å²) in [5, 5.41) is 0. The summed E-state index contributed by atoms with van der Waals surface area (Å²) >= 11 is 0. The highest BCUT2D eigenvalue weighted by Crippen LogP contribution is 2.30. The van der Waals surface area contributed by atoms with Gasteiger partial charge in [-0.2, -0.15) is 12.7 Å². The summed E-state index contributed by atoms with van der Waals surface area (Å²) in [5.41, 5.74) is 3.13. The molecule has 2 aliphatic heterocycles. The SMILES string of the molecule is O=S(=O)(N1CCN(c2ccccc2)CC1)N1CCCc2ccccc21. The molecule has 0 radical (unpaired) electrons. The van der Waals surface area contributed by atoms with Crippen LogP contribution in [-0.4, -0.2) is 45.4 Å². The van der Waals surface area contributed by atoms with Crippen molar-refractivity contribution in [3.8, 4) is 0 Å². The lowest BCUT2D eigenvalue weighted by Crippen LogP contribution is -2.54. The number of hydrogen-bond acceptors (Lipinski definition) is 3. The van der Waals surface area contributed by atoms with Gasteiger partial charge in [-0.25, -0.2) is 0 Å². The second-order valence-corrected chi connectivity index (χ2v) is 8.39. The molecular weight excluding hydrogens is 334 g/mol. The highest BCUT2D eigenvalue weighted by molar-refractivity contribution is 7.90. The molecular formula is C19H23N3O2S. The summed E-state index contributed by atoms with van der Waals surface area (Å²) in [4.78, 5) is 2.25. The van der Waals surface area contributed by atoms with Gasteiger partial charge in [0, 0.05) is 38.4 Å². The van der Waals surface area contributed by atoms with E-state index in [-0.39, 0.29) is 0 Å². The van der Waals surface area contributed by atoms with Crippen molar-refractivity contribution in [2.45, 2.75) is 12.8 Å². The Labute approximate surface area is 149 Å². The van der Waals surface area contributed by atoms with Gasteiger partial charge in [0.2, 0.25) is 0 Å². The van der Waals surface area contributed by atoms with Crippen molar-refractivity contribution in [2.75, 3.05) is 41.9 Å². The maximum atomic E-state index is 13.2. The number of fused-ring (bicyclic) bond motifs is 1. The molecule has 0 saturated carbocycles. The van der Waals surface area contributed by atoms with E-state index in [0.717, 1.165) is 42.9 Å². The van der Waals surface area contributed by atoms with E-state index in [4.69, 9.17) is 0 Å². The smallest absolute Gasteiger partial charge is 0.304 e. The van der Waals surface area contributed by atoms with E-state index < -0.39 is 10.2 Å². The van der Waals surface area contributed by atoms with Crippen molar-refractivity contribution in [1.82, 2.24) is 4.31 Å². The standard InChI is InChI=1S/C19H23N3O2S/c23-25(24,22-12-6-8-17-7-4-5-11-19(17)22)21-15-13-20(14-16-21)18-9-2-1-3-10-18/h1-5,7,9-11H,6,8,12-16H2. The van der Waals surface area contributed by atoms with Gasteiger partial charge in [-0.1, -0.05) is 36.4 Å². The third kappa shape index (κ3) is 3.12. The maximum Gasteiger partial charge on any atom is 0.304 e. The topological polar surface area (TPSA) is 43.9 Å². The summed E-state index contributed by atoms with van der Waals surface area (Å²) in [6, 6.07) is 18.0. The summed E-state index contributed by atoms with van der Waals surface area (Å²) < 4.78 is 29.6. The maximum absolute atomic E-state index is 13.2. The van der Waals surface area contributed by atoms with Crippen molar-refractivity contribution in [3.63, 3.8) is 0 Å². The Balaban J connectivity index is 1.51. The fourth-order valence-electron chi connectivity index (χ4n) is 3.69. The van der Waals surface area contributed by atoms with Crippen LogP contribution in [0.15, 0.2) is 54.6 Å². The van der Waals surface area contributed by atoms with Crippen molar-refractivity contribution in [2.24, 2.45) is 0 Å². The van der Waals surface area contributed by atoms with E-state index in [0.29, 0.717) is 19.6 Å². The van der Waals surface area contributed by atoms with E-state index in [1.54, 1.807) is 8.61 Å². The molecule has 2 aromatic rings. The number of benzene rings is 2. The highest BCUT2D eigenvalue weighted by Gasteiger charge is 2.34. The summed E-state index contributed by atoms with van der Waals surface area (Å²) in [5.74, 6) is 0. The minimum absolute atomic E-state index is 0.524. The van der Waals surface area contributed by atoms with Crippen LogP contribution in [0.25, 0.3) is 0 Å². The first kappa shape index (κ1) is 16.4. The molecule has 2 aromatic carbocycles. The van der Waals surface area contributed by atoms with Gasteiger partial charge >= 0.3 is 10.2 Å². The number of para-hydroxylation sites is 2. The van der Waals surface area contributed by atoms with Crippen molar-refractivity contribution >= 4 is 21.6 Å². The molecule has 1 fully saturated rings. The fourth-order valence-corrected chi connectivity index (χ4v) is 5.38. The molecule has 4 rings (SSSR count). The monoisotopic (exact) mass is 357 g/mol. The predicted octanol–water partition coefficient (Wildman–Crippen LogP) is 2.51. The summed E-state index contributed by atoms with van der Waals surface area (Å²) in [6.45, 7) is 3.06.